The molecule has 3 aromatic carbocycles. The SMILES string of the molecule is CC(C)CNC(=O)[C@H](Cc1ccccc1)N(Cc1ccc(Cl)cc1Cl)C(=O)CN(c1cc(Cl)cc(Cl)c1)S(C)(=O)=O. The van der Waals surface area contributed by atoms with E-state index in [9.17, 15) is 18.0 Å². The first kappa shape index (κ1) is 33.0. The quantitative estimate of drug-likeness (QED) is 0.241. The molecular formula is C29H31Cl4N3O4S. The fraction of sp³-hybridized carbons (Fsp3) is 0.310. The van der Waals surface area contributed by atoms with Crippen LogP contribution in [0.25, 0.3) is 0 Å². The second kappa shape index (κ2) is 14.6. The van der Waals surface area contributed by atoms with E-state index in [0.29, 0.717) is 22.2 Å². The molecule has 0 saturated heterocycles. The molecule has 0 heterocycles. The van der Waals surface area contributed by atoms with Crippen molar-refractivity contribution in [2.75, 3.05) is 23.7 Å². The lowest BCUT2D eigenvalue weighted by molar-refractivity contribution is -0.140. The molecule has 0 saturated carbocycles. The number of halogens is 4. The summed E-state index contributed by atoms with van der Waals surface area (Å²) in [5.41, 5.74) is 1.47. The number of sulfonamides is 1. The van der Waals surface area contributed by atoms with Gasteiger partial charge in [-0.15, -0.1) is 0 Å². The molecule has 3 rings (SSSR count). The average molecular weight is 659 g/mol. The highest BCUT2D eigenvalue weighted by molar-refractivity contribution is 7.92. The number of nitrogens with one attached hydrogen (secondary N) is 1. The van der Waals surface area contributed by atoms with Gasteiger partial charge in [-0.3, -0.25) is 13.9 Å². The van der Waals surface area contributed by atoms with Crippen molar-refractivity contribution in [2.45, 2.75) is 32.9 Å². The topological polar surface area (TPSA) is 86.8 Å². The highest BCUT2D eigenvalue weighted by Gasteiger charge is 2.33. The monoisotopic (exact) mass is 657 g/mol. The van der Waals surface area contributed by atoms with Crippen LogP contribution >= 0.6 is 46.4 Å². The minimum atomic E-state index is -3.97. The first-order chi connectivity index (χ1) is 19.2. The van der Waals surface area contributed by atoms with Gasteiger partial charge < -0.3 is 10.2 Å². The van der Waals surface area contributed by atoms with E-state index in [1.54, 1.807) is 18.2 Å². The lowest BCUT2D eigenvalue weighted by atomic mass is 10.0. The normalized spacial score (nSPS) is 12.2. The molecule has 7 nitrogen and oxygen atoms in total. The molecule has 0 aromatic heterocycles. The van der Waals surface area contributed by atoms with Crippen LogP contribution in [0.4, 0.5) is 5.69 Å². The van der Waals surface area contributed by atoms with Crippen molar-refractivity contribution in [1.82, 2.24) is 10.2 Å². The summed E-state index contributed by atoms with van der Waals surface area (Å²) in [5.74, 6) is -0.838. The highest BCUT2D eigenvalue weighted by Crippen LogP contribution is 2.28. The van der Waals surface area contributed by atoms with E-state index in [1.165, 1.54) is 23.1 Å². The third-order valence-corrected chi connectivity index (χ3v) is 8.29. The third-order valence-electron chi connectivity index (χ3n) is 6.13. The van der Waals surface area contributed by atoms with Crippen molar-refractivity contribution < 1.29 is 18.0 Å². The van der Waals surface area contributed by atoms with Gasteiger partial charge >= 0.3 is 0 Å². The predicted octanol–water partition coefficient (Wildman–Crippen LogP) is 6.48. The molecule has 3 aromatic rings. The first-order valence-electron chi connectivity index (χ1n) is 12.7. The van der Waals surface area contributed by atoms with E-state index in [0.717, 1.165) is 16.1 Å². The lowest BCUT2D eigenvalue weighted by Crippen LogP contribution is -2.53. The third kappa shape index (κ3) is 9.79. The molecule has 0 aliphatic carbocycles. The fourth-order valence-electron chi connectivity index (χ4n) is 4.11. The van der Waals surface area contributed by atoms with Crippen molar-refractivity contribution in [3.63, 3.8) is 0 Å². The van der Waals surface area contributed by atoms with Crippen LogP contribution in [-0.2, 0) is 32.6 Å². The molecule has 0 spiro atoms. The number of benzene rings is 3. The lowest BCUT2D eigenvalue weighted by Gasteiger charge is -2.34. The molecule has 41 heavy (non-hydrogen) atoms. The summed E-state index contributed by atoms with van der Waals surface area (Å²) in [6.07, 6.45) is 1.16. The minimum Gasteiger partial charge on any atom is -0.354 e. The number of carbonyl (C=O) groups excluding carboxylic acids is 2. The number of amides is 2. The zero-order valence-electron chi connectivity index (χ0n) is 22.8. The largest absolute Gasteiger partial charge is 0.354 e. The molecule has 0 unspecified atom stereocenters. The van der Waals surface area contributed by atoms with Crippen LogP contribution in [0.15, 0.2) is 66.7 Å². The van der Waals surface area contributed by atoms with Crippen LogP contribution < -0.4 is 9.62 Å². The maximum Gasteiger partial charge on any atom is 0.244 e. The van der Waals surface area contributed by atoms with E-state index >= 15 is 0 Å². The summed E-state index contributed by atoms with van der Waals surface area (Å²) >= 11 is 24.9. The van der Waals surface area contributed by atoms with Crippen LogP contribution in [0.3, 0.4) is 0 Å². The Labute approximate surface area is 261 Å². The highest BCUT2D eigenvalue weighted by atomic mass is 35.5. The molecule has 0 aliphatic heterocycles. The molecule has 2 amide bonds. The molecular weight excluding hydrogens is 628 g/mol. The second-order valence-electron chi connectivity index (χ2n) is 10.00. The summed E-state index contributed by atoms with van der Waals surface area (Å²) in [7, 11) is -3.97. The molecule has 0 aliphatic rings. The van der Waals surface area contributed by atoms with Gasteiger partial charge in [-0.2, -0.15) is 0 Å². The molecule has 12 heteroatoms. The van der Waals surface area contributed by atoms with Crippen molar-refractivity contribution >= 4 is 73.9 Å². The smallest absolute Gasteiger partial charge is 0.244 e. The van der Waals surface area contributed by atoms with Crippen LogP contribution in [-0.4, -0.2) is 50.5 Å². The number of hydrogen-bond donors (Lipinski definition) is 1. The molecule has 1 N–H and O–H groups in total. The minimum absolute atomic E-state index is 0.0741. The van der Waals surface area contributed by atoms with Crippen LogP contribution in [0.1, 0.15) is 25.0 Å². The summed E-state index contributed by atoms with van der Waals surface area (Å²) in [4.78, 5) is 29.1. The number of rotatable bonds is 12. The zero-order valence-corrected chi connectivity index (χ0v) is 26.6. The number of hydrogen-bond acceptors (Lipinski definition) is 4. The van der Waals surface area contributed by atoms with Gasteiger partial charge in [0.2, 0.25) is 21.8 Å². The number of nitrogens with zero attached hydrogens (tertiary/aromatic N) is 2. The predicted molar refractivity (Wildman–Crippen MR) is 167 cm³/mol. The molecule has 0 radical (unpaired) electrons. The second-order valence-corrected chi connectivity index (χ2v) is 13.6. The Kier molecular flexibility index (Phi) is 11.8. The Bertz CT molecular complexity index is 1470. The summed E-state index contributed by atoms with van der Waals surface area (Å²) in [5, 5.41) is 4.04. The van der Waals surface area contributed by atoms with E-state index in [1.807, 2.05) is 44.2 Å². The molecule has 0 bridgehead atoms. The number of anilines is 1. The molecule has 0 fully saturated rings. The average Bonchev–Trinajstić information content (AvgIpc) is 2.88. The van der Waals surface area contributed by atoms with Crippen LogP contribution in [0.5, 0.6) is 0 Å². The van der Waals surface area contributed by atoms with Gasteiger partial charge in [0.1, 0.15) is 12.6 Å². The molecule has 1 atom stereocenters. The van der Waals surface area contributed by atoms with Crippen molar-refractivity contribution in [1.29, 1.82) is 0 Å². The van der Waals surface area contributed by atoms with Gasteiger partial charge in [-0.05, 0) is 47.4 Å². The Hall–Kier alpha value is -2.49. The Morgan fingerprint density at radius 2 is 1.51 bits per heavy atom. The summed E-state index contributed by atoms with van der Waals surface area (Å²) in [6.45, 7) is 3.63. The van der Waals surface area contributed by atoms with Crippen molar-refractivity contribution in [2.24, 2.45) is 5.92 Å². The Morgan fingerprint density at radius 3 is 2.07 bits per heavy atom. The zero-order chi connectivity index (χ0) is 30.3. The van der Waals surface area contributed by atoms with Crippen molar-refractivity contribution in [3.05, 3.63) is 97.9 Å². The van der Waals surface area contributed by atoms with E-state index in [-0.39, 0.29) is 40.5 Å². The maximum atomic E-state index is 14.1. The van der Waals surface area contributed by atoms with E-state index < -0.39 is 28.5 Å². The molecule has 220 valence electrons. The van der Waals surface area contributed by atoms with Gasteiger partial charge in [-0.25, -0.2) is 8.42 Å². The van der Waals surface area contributed by atoms with Gasteiger partial charge in [0, 0.05) is 39.6 Å². The maximum absolute atomic E-state index is 14.1. The van der Waals surface area contributed by atoms with Gasteiger partial charge in [0.15, 0.2) is 0 Å². The van der Waals surface area contributed by atoms with Crippen LogP contribution in [0.2, 0.25) is 20.1 Å². The Morgan fingerprint density at radius 1 is 0.878 bits per heavy atom. The van der Waals surface area contributed by atoms with Crippen molar-refractivity contribution in [3.8, 4) is 0 Å². The summed E-state index contributed by atoms with van der Waals surface area (Å²) in [6, 6.07) is 17.4. The van der Waals surface area contributed by atoms with E-state index in [4.69, 9.17) is 46.4 Å². The summed E-state index contributed by atoms with van der Waals surface area (Å²) < 4.78 is 26.7. The van der Waals surface area contributed by atoms with Crippen LogP contribution in [0, 0.1) is 5.92 Å². The standard InChI is InChI=1S/C29H31Cl4N3O4S/c1-19(2)16-34-29(38)27(11-20-7-5-4-6-8-20)35(17-21-9-10-22(30)15-26(21)33)28(37)18-36(41(3,39)40)25-13-23(31)12-24(32)14-25/h4-10,12-15,19,27H,11,16-18H2,1-3H3,(H,34,38)/t27-/m0/s1. The van der Waals surface area contributed by atoms with Gasteiger partial charge in [0.05, 0.1) is 11.9 Å². The Balaban J connectivity index is 2.09. The number of carbonyl (C=O) groups is 2. The van der Waals surface area contributed by atoms with Gasteiger partial charge in [-0.1, -0.05) is 96.6 Å². The van der Waals surface area contributed by atoms with Gasteiger partial charge in [0.25, 0.3) is 0 Å². The van der Waals surface area contributed by atoms with E-state index in [2.05, 4.69) is 5.32 Å². The fourth-order valence-corrected chi connectivity index (χ4v) is 5.92. The first-order valence-corrected chi connectivity index (χ1v) is 16.1.